The first-order valence-electron chi connectivity index (χ1n) is 7.12. The molecule has 1 saturated heterocycles. The first-order valence-corrected chi connectivity index (χ1v) is 7.12. The van der Waals surface area contributed by atoms with Gasteiger partial charge in [-0.25, -0.2) is 4.79 Å². The van der Waals surface area contributed by atoms with Crippen LogP contribution in [0.5, 0.6) is 0 Å². The van der Waals surface area contributed by atoms with Gasteiger partial charge in [-0.3, -0.25) is 0 Å². The van der Waals surface area contributed by atoms with Crippen molar-refractivity contribution in [3.8, 4) is 6.07 Å². The Morgan fingerprint density at radius 2 is 2.05 bits per heavy atom. The number of carbonyl (C=O) groups excluding carboxylic acids is 1. The lowest BCUT2D eigenvalue weighted by Gasteiger charge is -2.22. The quantitative estimate of drug-likeness (QED) is 0.908. The summed E-state index contributed by atoms with van der Waals surface area (Å²) < 4.78 is 5.27. The summed E-state index contributed by atoms with van der Waals surface area (Å²) in [7, 11) is 0. The van der Waals surface area contributed by atoms with Crippen molar-refractivity contribution >= 4 is 11.8 Å². The number of anilines is 1. The second-order valence-corrected chi connectivity index (χ2v) is 6.24. The van der Waals surface area contributed by atoms with Gasteiger partial charge in [0.25, 0.3) is 0 Å². The van der Waals surface area contributed by atoms with E-state index in [9.17, 15) is 4.79 Å². The molecule has 1 aromatic rings. The van der Waals surface area contributed by atoms with E-state index in [1.54, 1.807) is 0 Å². The minimum absolute atomic E-state index is 0.0930. The van der Waals surface area contributed by atoms with E-state index in [1.165, 1.54) is 0 Å². The van der Waals surface area contributed by atoms with E-state index in [0.717, 1.165) is 25.2 Å². The van der Waals surface area contributed by atoms with Gasteiger partial charge in [-0.2, -0.15) is 5.26 Å². The number of alkyl carbamates (subject to hydrolysis) is 1. The standard InChI is InChI=1S/C16H21N3O2/c1-16(2,3)21-15(20)18-13-8-9-19(11-13)14-6-4-12(10-17)5-7-14/h4-7,13H,8-9,11H2,1-3H3,(H,18,20)/t13-/m1/s1. The summed E-state index contributed by atoms with van der Waals surface area (Å²) in [4.78, 5) is 14.0. The number of rotatable bonds is 2. The van der Waals surface area contributed by atoms with E-state index in [2.05, 4.69) is 16.3 Å². The number of amides is 1. The van der Waals surface area contributed by atoms with Crippen molar-refractivity contribution in [2.24, 2.45) is 0 Å². The van der Waals surface area contributed by atoms with Crippen LogP contribution in [0.25, 0.3) is 0 Å². The van der Waals surface area contributed by atoms with Crippen LogP contribution < -0.4 is 10.2 Å². The number of hydrogen-bond donors (Lipinski definition) is 1. The van der Waals surface area contributed by atoms with Gasteiger partial charge < -0.3 is 15.0 Å². The van der Waals surface area contributed by atoms with Gasteiger partial charge in [0.05, 0.1) is 17.7 Å². The molecule has 21 heavy (non-hydrogen) atoms. The SMILES string of the molecule is CC(C)(C)OC(=O)N[C@@H]1CCN(c2ccc(C#N)cc2)C1. The van der Waals surface area contributed by atoms with Crippen LogP contribution in [0.3, 0.4) is 0 Å². The van der Waals surface area contributed by atoms with Crippen molar-refractivity contribution in [1.82, 2.24) is 5.32 Å². The number of nitrogens with zero attached hydrogens (tertiary/aromatic N) is 2. The molecule has 5 nitrogen and oxygen atoms in total. The third-order valence-corrected chi connectivity index (χ3v) is 3.27. The Kier molecular flexibility index (Phi) is 4.37. The topological polar surface area (TPSA) is 65.4 Å². The van der Waals surface area contributed by atoms with Crippen molar-refractivity contribution in [1.29, 1.82) is 5.26 Å². The minimum atomic E-state index is -0.477. The second kappa shape index (κ2) is 6.04. The number of hydrogen-bond acceptors (Lipinski definition) is 4. The molecule has 5 heteroatoms. The molecule has 2 rings (SSSR count). The number of ether oxygens (including phenoxy) is 1. The maximum atomic E-state index is 11.8. The van der Waals surface area contributed by atoms with Gasteiger partial charge in [-0.05, 0) is 51.5 Å². The Morgan fingerprint density at radius 3 is 2.62 bits per heavy atom. The van der Waals surface area contributed by atoms with Crippen LogP contribution in [0, 0.1) is 11.3 Å². The van der Waals surface area contributed by atoms with Crippen molar-refractivity contribution < 1.29 is 9.53 Å². The van der Waals surface area contributed by atoms with E-state index < -0.39 is 5.60 Å². The van der Waals surface area contributed by atoms with Crippen LogP contribution in [-0.2, 0) is 4.74 Å². The second-order valence-electron chi connectivity index (χ2n) is 6.24. The Labute approximate surface area is 125 Å². The maximum Gasteiger partial charge on any atom is 0.407 e. The molecule has 1 fully saturated rings. The number of nitrogens with one attached hydrogen (secondary N) is 1. The maximum absolute atomic E-state index is 11.8. The van der Waals surface area contributed by atoms with E-state index >= 15 is 0 Å². The molecule has 0 aromatic heterocycles. The van der Waals surface area contributed by atoms with E-state index in [4.69, 9.17) is 10.00 Å². The Morgan fingerprint density at radius 1 is 1.38 bits per heavy atom. The molecular weight excluding hydrogens is 266 g/mol. The summed E-state index contributed by atoms with van der Waals surface area (Å²) >= 11 is 0. The Hall–Kier alpha value is -2.22. The average Bonchev–Trinajstić information content (AvgIpc) is 2.85. The molecule has 0 aliphatic carbocycles. The van der Waals surface area contributed by atoms with Gasteiger partial charge in [0.15, 0.2) is 0 Å². The van der Waals surface area contributed by atoms with Gasteiger partial charge in [0.2, 0.25) is 0 Å². The fraction of sp³-hybridized carbons (Fsp3) is 0.500. The van der Waals surface area contributed by atoms with Crippen LogP contribution in [0.2, 0.25) is 0 Å². The zero-order chi connectivity index (χ0) is 15.5. The van der Waals surface area contributed by atoms with Crippen LogP contribution in [0.4, 0.5) is 10.5 Å². The number of nitriles is 1. The summed E-state index contributed by atoms with van der Waals surface area (Å²) in [5.74, 6) is 0. The number of benzene rings is 1. The van der Waals surface area contributed by atoms with Gasteiger partial charge in [0, 0.05) is 18.8 Å². The molecule has 1 aliphatic heterocycles. The summed E-state index contributed by atoms with van der Waals surface area (Å²) in [6.45, 7) is 7.19. The van der Waals surface area contributed by atoms with E-state index in [1.807, 2.05) is 45.0 Å². The number of carbonyl (C=O) groups is 1. The molecule has 0 unspecified atom stereocenters. The molecule has 1 N–H and O–H groups in total. The van der Waals surface area contributed by atoms with E-state index in [-0.39, 0.29) is 12.1 Å². The molecule has 0 saturated carbocycles. The predicted octanol–water partition coefficient (Wildman–Crippen LogP) is 2.66. The molecule has 1 atom stereocenters. The third kappa shape index (κ3) is 4.38. The lowest BCUT2D eigenvalue weighted by molar-refractivity contribution is 0.0509. The summed E-state index contributed by atoms with van der Waals surface area (Å²) in [5.41, 5.74) is 1.25. The summed E-state index contributed by atoms with van der Waals surface area (Å²) in [5, 5.41) is 11.7. The molecule has 1 aliphatic rings. The third-order valence-electron chi connectivity index (χ3n) is 3.27. The van der Waals surface area contributed by atoms with Gasteiger partial charge in [-0.15, -0.1) is 0 Å². The van der Waals surface area contributed by atoms with Crippen molar-refractivity contribution in [3.63, 3.8) is 0 Å². The lowest BCUT2D eigenvalue weighted by Crippen LogP contribution is -2.40. The molecule has 112 valence electrons. The van der Waals surface area contributed by atoms with Gasteiger partial charge >= 0.3 is 6.09 Å². The summed E-state index contributed by atoms with van der Waals surface area (Å²) in [6.07, 6.45) is 0.522. The van der Waals surface area contributed by atoms with Crippen molar-refractivity contribution in [2.45, 2.75) is 38.8 Å². The largest absolute Gasteiger partial charge is 0.444 e. The summed E-state index contributed by atoms with van der Waals surface area (Å²) in [6, 6.07) is 9.70. The van der Waals surface area contributed by atoms with Crippen LogP contribution in [-0.4, -0.2) is 30.8 Å². The van der Waals surface area contributed by atoms with Crippen LogP contribution in [0.15, 0.2) is 24.3 Å². The normalized spacial score (nSPS) is 18.2. The fourth-order valence-electron chi connectivity index (χ4n) is 2.33. The molecule has 0 bridgehead atoms. The lowest BCUT2D eigenvalue weighted by atomic mass is 10.2. The Bertz CT molecular complexity index is 540. The fourth-order valence-corrected chi connectivity index (χ4v) is 2.33. The Balaban J connectivity index is 1.88. The smallest absolute Gasteiger partial charge is 0.407 e. The van der Waals surface area contributed by atoms with E-state index in [0.29, 0.717) is 5.56 Å². The van der Waals surface area contributed by atoms with Gasteiger partial charge in [-0.1, -0.05) is 0 Å². The molecule has 1 amide bonds. The highest BCUT2D eigenvalue weighted by atomic mass is 16.6. The van der Waals surface area contributed by atoms with Crippen molar-refractivity contribution in [3.05, 3.63) is 29.8 Å². The average molecular weight is 287 g/mol. The zero-order valence-corrected chi connectivity index (χ0v) is 12.7. The monoisotopic (exact) mass is 287 g/mol. The van der Waals surface area contributed by atoms with Crippen LogP contribution in [0.1, 0.15) is 32.8 Å². The molecule has 1 heterocycles. The highest BCUT2D eigenvalue weighted by Gasteiger charge is 2.26. The first-order chi connectivity index (χ1) is 9.87. The van der Waals surface area contributed by atoms with Gasteiger partial charge in [0.1, 0.15) is 5.60 Å². The van der Waals surface area contributed by atoms with Crippen LogP contribution >= 0.6 is 0 Å². The highest BCUT2D eigenvalue weighted by Crippen LogP contribution is 2.21. The minimum Gasteiger partial charge on any atom is -0.444 e. The first kappa shape index (κ1) is 15.2. The molecule has 0 spiro atoms. The van der Waals surface area contributed by atoms with Crippen molar-refractivity contribution in [2.75, 3.05) is 18.0 Å². The molecule has 0 radical (unpaired) electrons. The highest BCUT2D eigenvalue weighted by molar-refractivity contribution is 5.68. The molecule has 1 aromatic carbocycles. The molecular formula is C16H21N3O2. The zero-order valence-electron chi connectivity index (χ0n) is 12.7. The predicted molar refractivity (Wildman–Crippen MR) is 81.1 cm³/mol.